The SMILES string of the molecule is CN(CC1CCOCC1)C(=O)NC1(CC(=O)O)CCCC1. The second-order valence-electron chi connectivity index (χ2n) is 6.42. The molecule has 2 aliphatic rings. The van der Waals surface area contributed by atoms with Gasteiger partial charge in [0.15, 0.2) is 0 Å². The van der Waals surface area contributed by atoms with E-state index in [0.717, 1.165) is 51.7 Å². The molecule has 0 aromatic carbocycles. The van der Waals surface area contributed by atoms with Crippen LogP contribution in [-0.4, -0.2) is 54.4 Å². The van der Waals surface area contributed by atoms with E-state index < -0.39 is 11.5 Å². The zero-order valence-electron chi connectivity index (χ0n) is 12.8. The summed E-state index contributed by atoms with van der Waals surface area (Å²) in [4.78, 5) is 25.1. The van der Waals surface area contributed by atoms with Gasteiger partial charge in [-0.15, -0.1) is 0 Å². The van der Waals surface area contributed by atoms with Crippen LogP contribution in [-0.2, 0) is 9.53 Å². The molecule has 6 nitrogen and oxygen atoms in total. The average molecular weight is 298 g/mol. The lowest BCUT2D eigenvalue weighted by molar-refractivity contribution is -0.138. The molecule has 2 amide bonds. The molecule has 0 unspecified atom stereocenters. The topological polar surface area (TPSA) is 78.9 Å². The highest BCUT2D eigenvalue weighted by atomic mass is 16.5. The minimum Gasteiger partial charge on any atom is -0.481 e. The smallest absolute Gasteiger partial charge is 0.317 e. The summed E-state index contributed by atoms with van der Waals surface area (Å²) in [7, 11) is 1.79. The van der Waals surface area contributed by atoms with Crippen LogP contribution < -0.4 is 5.32 Å². The van der Waals surface area contributed by atoms with Gasteiger partial charge in [0.05, 0.1) is 12.0 Å². The summed E-state index contributed by atoms with van der Waals surface area (Å²) in [6, 6.07) is -0.148. The molecule has 1 aliphatic carbocycles. The van der Waals surface area contributed by atoms with Gasteiger partial charge in [0.25, 0.3) is 0 Å². The lowest BCUT2D eigenvalue weighted by atomic mass is 9.93. The number of rotatable bonds is 5. The Morgan fingerprint density at radius 2 is 1.90 bits per heavy atom. The molecule has 0 atom stereocenters. The highest BCUT2D eigenvalue weighted by Crippen LogP contribution is 2.32. The van der Waals surface area contributed by atoms with Crippen molar-refractivity contribution in [3.8, 4) is 0 Å². The van der Waals surface area contributed by atoms with Gasteiger partial charge in [0.1, 0.15) is 0 Å². The van der Waals surface area contributed by atoms with Crippen molar-refractivity contribution in [3.05, 3.63) is 0 Å². The molecule has 120 valence electrons. The zero-order chi connectivity index (χ0) is 15.3. The summed E-state index contributed by atoms with van der Waals surface area (Å²) in [6.07, 6.45) is 5.47. The van der Waals surface area contributed by atoms with Crippen molar-refractivity contribution in [2.45, 2.75) is 50.5 Å². The number of carbonyl (C=O) groups excluding carboxylic acids is 1. The third-order valence-corrected chi connectivity index (χ3v) is 4.64. The Morgan fingerprint density at radius 1 is 1.29 bits per heavy atom. The number of hydrogen-bond acceptors (Lipinski definition) is 3. The van der Waals surface area contributed by atoms with Gasteiger partial charge in [-0.3, -0.25) is 4.79 Å². The van der Waals surface area contributed by atoms with Crippen molar-refractivity contribution < 1.29 is 19.4 Å². The Bertz CT molecular complexity index is 374. The van der Waals surface area contributed by atoms with E-state index in [-0.39, 0.29) is 12.5 Å². The average Bonchev–Trinajstić information content (AvgIpc) is 2.87. The van der Waals surface area contributed by atoms with Gasteiger partial charge in [-0.1, -0.05) is 12.8 Å². The van der Waals surface area contributed by atoms with Crippen LogP contribution in [0.15, 0.2) is 0 Å². The first-order valence-electron chi connectivity index (χ1n) is 7.84. The maximum Gasteiger partial charge on any atom is 0.317 e. The van der Waals surface area contributed by atoms with E-state index in [0.29, 0.717) is 12.5 Å². The summed E-state index contributed by atoms with van der Waals surface area (Å²) in [5.41, 5.74) is -0.549. The predicted molar refractivity (Wildman–Crippen MR) is 78.2 cm³/mol. The van der Waals surface area contributed by atoms with Crippen LogP contribution in [0.25, 0.3) is 0 Å². The zero-order valence-corrected chi connectivity index (χ0v) is 12.8. The number of aliphatic carboxylic acids is 1. The van der Waals surface area contributed by atoms with Gasteiger partial charge in [0.2, 0.25) is 0 Å². The fourth-order valence-electron chi connectivity index (χ4n) is 3.41. The molecule has 1 saturated carbocycles. The van der Waals surface area contributed by atoms with Crippen molar-refractivity contribution >= 4 is 12.0 Å². The number of nitrogens with zero attached hydrogens (tertiary/aromatic N) is 1. The Morgan fingerprint density at radius 3 is 2.48 bits per heavy atom. The minimum absolute atomic E-state index is 0.0177. The highest BCUT2D eigenvalue weighted by molar-refractivity contribution is 5.76. The number of carbonyl (C=O) groups is 2. The monoisotopic (exact) mass is 298 g/mol. The Labute approximate surface area is 125 Å². The molecule has 2 fully saturated rings. The van der Waals surface area contributed by atoms with Gasteiger partial charge in [0, 0.05) is 26.8 Å². The van der Waals surface area contributed by atoms with Gasteiger partial charge in [-0.2, -0.15) is 0 Å². The van der Waals surface area contributed by atoms with E-state index in [1.165, 1.54) is 0 Å². The Balaban J connectivity index is 1.87. The van der Waals surface area contributed by atoms with Crippen molar-refractivity contribution in [1.82, 2.24) is 10.2 Å². The maximum absolute atomic E-state index is 12.4. The standard InChI is InChI=1S/C15H26N2O4/c1-17(11-12-4-8-21-9-5-12)14(20)16-15(10-13(18)19)6-2-3-7-15/h12H,2-11H2,1H3,(H,16,20)(H,18,19). The first-order valence-corrected chi connectivity index (χ1v) is 7.84. The Kier molecular flexibility index (Phi) is 5.45. The van der Waals surface area contributed by atoms with Crippen LogP contribution in [0.2, 0.25) is 0 Å². The van der Waals surface area contributed by atoms with Crippen LogP contribution in [0.4, 0.5) is 4.79 Å². The molecule has 0 bridgehead atoms. The summed E-state index contributed by atoms with van der Waals surface area (Å²) in [5, 5.41) is 12.1. The minimum atomic E-state index is -0.843. The first kappa shape index (κ1) is 16.1. The molecular formula is C15H26N2O4. The van der Waals surface area contributed by atoms with Crippen LogP contribution >= 0.6 is 0 Å². The molecule has 2 N–H and O–H groups in total. The number of carboxylic acid groups (broad SMARTS) is 1. The van der Waals surface area contributed by atoms with Gasteiger partial charge in [-0.05, 0) is 31.6 Å². The van der Waals surface area contributed by atoms with Crippen molar-refractivity contribution in [1.29, 1.82) is 0 Å². The lowest BCUT2D eigenvalue weighted by Crippen LogP contribution is -2.52. The summed E-state index contributed by atoms with van der Waals surface area (Å²) >= 11 is 0. The van der Waals surface area contributed by atoms with Gasteiger partial charge >= 0.3 is 12.0 Å². The molecule has 1 aliphatic heterocycles. The fraction of sp³-hybridized carbons (Fsp3) is 0.867. The van der Waals surface area contributed by atoms with Crippen LogP contribution in [0.5, 0.6) is 0 Å². The van der Waals surface area contributed by atoms with Crippen molar-refractivity contribution in [2.24, 2.45) is 5.92 Å². The number of carboxylic acids is 1. The molecular weight excluding hydrogens is 272 g/mol. The van der Waals surface area contributed by atoms with Crippen LogP contribution in [0.1, 0.15) is 44.9 Å². The summed E-state index contributed by atoms with van der Waals surface area (Å²) in [6.45, 7) is 2.24. The number of urea groups is 1. The van der Waals surface area contributed by atoms with E-state index in [1.807, 2.05) is 0 Å². The van der Waals surface area contributed by atoms with Crippen molar-refractivity contribution in [2.75, 3.05) is 26.8 Å². The van der Waals surface area contributed by atoms with Crippen LogP contribution in [0, 0.1) is 5.92 Å². The number of nitrogens with one attached hydrogen (secondary N) is 1. The van der Waals surface area contributed by atoms with E-state index >= 15 is 0 Å². The largest absolute Gasteiger partial charge is 0.481 e. The van der Waals surface area contributed by atoms with Gasteiger partial charge in [-0.25, -0.2) is 4.79 Å². The molecule has 1 saturated heterocycles. The fourth-order valence-corrected chi connectivity index (χ4v) is 3.41. The van der Waals surface area contributed by atoms with E-state index in [4.69, 9.17) is 9.84 Å². The number of amides is 2. The second kappa shape index (κ2) is 7.11. The van der Waals surface area contributed by atoms with Crippen molar-refractivity contribution in [3.63, 3.8) is 0 Å². The van der Waals surface area contributed by atoms with E-state index in [9.17, 15) is 9.59 Å². The molecule has 21 heavy (non-hydrogen) atoms. The lowest BCUT2D eigenvalue weighted by Gasteiger charge is -2.33. The third-order valence-electron chi connectivity index (χ3n) is 4.64. The number of ether oxygens (including phenoxy) is 1. The molecule has 0 radical (unpaired) electrons. The third kappa shape index (κ3) is 4.59. The van der Waals surface area contributed by atoms with Crippen LogP contribution in [0.3, 0.4) is 0 Å². The van der Waals surface area contributed by atoms with Gasteiger partial charge < -0.3 is 20.1 Å². The summed E-state index contributed by atoms with van der Waals surface area (Å²) in [5.74, 6) is -0.363. The molecule has 1 heterocycles. The molecule has 0 aromatic heterocycles. The predicted octanol–water partition coefficient (Wildman–Crippen LogP) is 1.84. The molecule has 0 spiro atoms. The number of hydrogen-bond donors (Lipinski definition) is 2. The van der Waals surface area contributed by atoms with E-state index in [2.05, 4.69) is 5.32 Å². The van der Waals surface area contributed by atoms with E-state index in [1.54, 1.807) is 11.9 Å². The molecule has 2 rings (SSSR count). The molecule has 6 heteroatoms. The first-order chi connectivity index (χ1) is 10.0. The molecule has 0 aromatic rings. The quantitative estimate of drug-likeness (QED) is 0.812. The summed E-state index contributed by atoms with van der Waals surface area (Å²) < 4.78 is 5.32. The normalized spacial score (nSPS) is 22.0. The maximum atomic E-state index is 12.4. The second-order valence-corrected chi connectivity index (χ2v) is 6.42. The Hall–Kier alpha value is -1.30. The highest BCUT2D eigenvalue weighted by Gasteiger charge is 2.38.